The predicted octanol–water partition coefficient (Wildman–Crippen LogP) is 2.70. The zero-order valence-corrected chi connectivity index (χ0v) is 9.99. The summed E-state index contributed by atoms with van der Waals surface area (Å²) in [7, 11) is 0. The summed E-state index contributed by atoms with van der Waals surface area (Å²) < 4.78 is 32.1. The van der Waals surface area contributed by atoms with Gasteiger partial charge in [-0.25, -0.2) is 13.6 Å². The molecule has 0 unspecified atom stereocenters. The molecule has 0 atom stereocenters. The van der Waals surface area contributed by atoms with Crippen molar-refractivity contribution < 1.29 is 18.3 Å². The standard InChI is InChI=1S/C11H17F2NO2/c1-8(2,3)16-7(15)14-10-5-9(4,6-10)11(10,12)13/h5-6H2,1-4H3,(H,14,15). The van der Waals surface area contributed by atoms with Gasteiger partial charge in [-0.1, -0.05) is 6.92 Å². The van der Waals surface area contributed by atoms with Gasteiger partial charge >= 0.3 is 6.09 Å². The molecular formula is C11H17F2NO2. The lowest BCUT2D eigenvalue weighted by molar-refractivity contribution is -0.362. The fourth-order valence-corrected chi connectivity index (χ4v) is 2.75. The molecule has 3 nitrogen and oxygen atoms in total. The average molecular weight is 233 g/mol. The predicted molar refractivity (Wildman–Crippen MR) is 54.4 cm³/mol. The Kier molecular flexibility index (Phi) is 1.95. The molecule has 0 aliphatic heterocycles. The van der Waals surface area contributed by atoms with E-state index in [0.29, 0.717) is 12.8 Å². The molecule has 3 rings (SSSR count). The summed E-state index contributed by atoms with van der Waals surface area (Å²) in [5, 5.41) is 2.32. The van der Waals surface area contributed by atoms with Crippen LogP contribution >= 0.6 is 0 Å². The zero-order valence-electron chi connectivity index (χ0n) is 9.99. The lowest BCUT2D eigenvalue weighted by Gasteiger charge is -2.73. The number of rotatable bonds is 1. The molecule has 2 bridgehead atoms. The van der Waals surface area contributed by atoms with Gasteiger partial charge in [-0.2, -0.15) is 0 Å². The maximum Gasteiger partial charge on any atom is 0.408 e. The third-order valence-electron chi connectivity index (χ3n) is 3.48. The number of hydrogen-bond donors (Lipinski definition) is 1. The molecule has 0 aromatic heterocycles. The zero-order chi connectivity index (χ0) is 12.4. The Morgan fingerprint density at radius 2 is 1.81 bits per heavy atom. The lowest BCUT2D eigenvalue weighted by Crippen LogP contribution is -2.88. The molecule has 0 spiro atoms. The van der Waals surface area contributed by atoms with Crippen molar-refractivity contribution in [3.05, 3.63) is 0 Å². The molecular weight excluding hydrogens is 216 g/mol. The molecule has 0 heterocycles. The van der Waals surface area contributed by atoms with Crippen LogP contribution in [0.5, 0.6) is 0 Å². The van der Waals surface area contributed by atoms with E-state index in [9.17, 15) is 13.6 Å². The largest absolute Gasteiger partial charge is 0.444 e. The average Bonchev–Trinajstić information content (AvgIpc) is 1.98. The van der Waals surface area contributed by atoms with Crippen molar-refractivity contribution in [2.45, 2.75) is 57.6 Å². The molecule has 3 aliphatic rings. The van der Waals surface area contributed by atoms with Gasteiger partial charge < -0.3 is 10.1 Å². The number of hydrogen-bond acceptors (Lipinski definition) is 2. The van der Waals surface area contributed by atoms with Crippen LogP contribution in [-0.2, 0) is 4.74 Å². The van der Waals surface area contributed by atoms with Gasteiger partial charge in [0.15, 0.2) is 0 Å². The topological polar surface area (TPSA) is 38.3 Å². The highest BCUT2D eigenvalue weighted by atomic mass is 19.3. The van der Waals surface area contributed by atoms with Gasteiger partial charge in [-0.05, 0) is 33.6 Å². The molecule has 3 saturated carbocycles. The van der Waals surface area contributed by atoms with Crippen LogP contribution in [0.2, 0.25) is 0 Å². The van der Waals surface area contributed by atoms with Crippen molar-refractivity contribution in [1.29, 1.82) is 0 Å². The maximum atomic E-state index is 13.5. The molecule has 3 aliphatic carbocycles. The molecule has 0 radical (unpaired) electrons. The van der Waals surface area contributed by atoms with Crippen LogP contribution in [0.15, 0.2) is 0 Å². The van der Waals surface area contributed by atoms with Gasteiger partial charge in [-0.15, -0.1) is 0 Å². The minimum Gasteiger partial charge on any atom is -0.444 e. The first-order chi connectivity index (χ1) is 7.02. The second-order valence-corrected chi connectivity index (χ2v) is 6.20. The van der Waals surface area contributed by atoms with Crippen molar-refractivity contribution >= 4 is 6.09 Å². The van der Waals surface area contributed by atoms with Gasteiger partial charge in [0, 0.05) is 5.41 Å². The number of alkyl carbamates (subject to hydrolysis) is 1. The minimum absolute atomic E-state index is 0.340. The summed E-state index contributed by atoms with van der Waals surface area (Å²) in [6.07, 6.45) is -0.0766. The van der Waals surface area contributed by atoms with Crippen LogP contribution in [0, 0.1) is 5.41 Å². The van der Waals surface area contributed by atoms with E-state index in [0.717, 1.165) is 0 Å². The number of carbonyl (C=O) groups is 1. The van der Waals surface area contributed by atoms with Crippen LogP contribution in [0.4, 0.5) is 13.6 Å². The first kappa shape index (κ1) is 11.6. The third-order valence-corrected chi connectivity index (χ3v) is 3.48. The normalized spacial score (nSPS) is 39.4. The fraction of sp³-hybridized carbons (Fsp3) is 0.909. The van der Waals surface area contributed by atoms with Gasteiger partial charge in [-0.3, -0.25) is 0 Å². The van der Waals surface area contributed by atoms with E-state index in [1.807, 2.05) is 0 Å². The van der Waals surface area contributed by atoms with E-state index in [1.165, 1.54) is 0 Å². The van der Waals surface area contributed by atoms with Gasteiger partial charge in [0.05, 0.1) is 0 Å². The molecule has 1 amide bonds. The number of alkyl halides is 2. The number of ether oxygens (including phenoxy) is 1. The molecule has 0 aromatic carbocycles. The van der Waals surface area contributed by atoms with E-state index >= 15 is 0 Å². The molecule has 3 fully saturated rings. The van der Waals surface area contributed by atoms with Crippen molar-refractivity contribution in [2.24, 2.45) is 5.41 Å². The Hall–Kier alpha value is -0.870. The highest BCUT2D eigenvalue weighted by Crippen LogP contribution is 2.75. The monoisotopic (exact) mass is 233 g/mol. The molecule has 1 N–H and O–H groups in total. The van der Waals surface area contributed by atoms with Crippen LogP contribution in [0.25, 0.3) is 0 Å². The second-order valence-electron chi connectivity index (χ2n) is 6.20. The molecule has 92 valence electrons. The second kappa shape index (κ2) is 2.68. The Balaban J connectivity index is 1.96. The summed E-state index contributed by atoms with van der Waals surface area (Å²) in [6, 6.07) is 0. The van der Waals surface area contributed by atoms with Crippen LogP contribution in [0.1, 0.15) is 40.5 Å². The van der Waals surface area contributed by atoms with Gasteiger partial charge in [0.25, 0.3) is 5.92 Å². The smallest absolute Gasteiger partial charge is 0.408 e. The summed E-state index contributed by atoms with van der Waals surface area (Å²) in [6.45, 7) is 6.65. The highest BCUT2D eigenvalue weighted by Gasteiger charge is 2.87. The van der Waals surface area contributed by atoms with Crippen LogP contribution in [-0.4, -0.2) is 23.2 Å². The van der Waals surface area contributed by atoms with Crippen LogP contribution < -0.4 is 5.32 Å². The number of nitrogens with one attached hydrogen (secondary N) is 1. The van der Waals surface area contributed by atoms with E-state index in [-0.39, 0.29) is 0 Å². The minimum atomic E-state index is -2.79. The summed E-state index contributed by atoms with van der Waals surface area (Å²) in [5.41, 5.74) is -2.92. The van der Waals surface area contributed by atoms with Crippen molar-refractivity contribution in [1.82, 2.24) is 5.32 Å². The van der Waals surface area contributed by atoms with Gasteiger partial charge in [0.1, 0.15) is 11.1 Å². The summed E-state index contributed by atoms with van der Waals surface area (Å²) >= 11 is 0. The quantitative estimate of drug-likeness (QED) is 0.756. The van der Waals surface area contributed by atoms with Crippen molar-refractivity contribution in [2.75, 3.05) is 0 Å². The van der Waals surface area contributed by atoms with E-state index in [1.54, 1.807) is 27.7 Å². The number of halogens is 2. The third kappa shape index (κ3) is 1.26. The number of carbonyl (C=O) groups excluding carboxylic acids is 1. The lowest BCUT2D eigenvalue weighted by atomic mass is 9.37. The summed E-state index contributed by atoms with van der Waals surface area (Å²) in [5.74, 6) is -2.79. The Morgan fingerprint density at radius 1 is 1.31 bits per heavy atom. The fourth-order valence-electron chi connectivity index (χ4n) is 2.75. The van der Waals surface area contributed by atoms with Crippen LogP contribution in [0.3, 0.4) is 0 Å². The maximum absolute atomic E-state index is 13.5. The molecule has 0 aromatic rings. The first-order valence-corrected chi connectivity index (χ1v) is 5.40. The van der Waals surface area contributed by atoms with Crippen molar-refractivity contribution in [3.63, 3.8) is 0 Å². The molecule has 16 heavy (non-hydrogen) atoms. The molecule has 5 heteroatoms. The Labute approximate surface area is 93.5 Å². The molecule has 0 saturated heterocycles. The Bertz CT molecular complexity index is 340. The number of amides is 1. The van der Waals surface area contributed by atoms with E-state index < -0.39 is 28.6 Å². The SMILES string of the molecule is CC(C)(C)OC(=O)NC12CC(C)(C1)C2(F)F. The van der Waals surface area contributed by atoms with E-state index in [4.69, 9.17) is 4.74 Å². The highest BCUT2D eigenvalue weighted by molar-refractivity contribution is 5.70. The first-order valence-electron chi connectivity index (χ1n) is 5.40. The van der Waals surface area contributed by atoms with Crippen molar-refractivity contribution in [3.8, 4) is 0 Å². The van der Waals surface area contributed by atoms with Gasteiger partial charge in [0.2, 0.25) is 0 Å². The van der Waals surface area contributed by atoms with E-state index in [2.05, 4.69) is 5.32 Å². The Morgan fingerprint density at radius 3 is 2.12 bits per heavy atom. The summed E-state index contributed by atoms with van der Waals surface area (Å²) in [4.78, 5) is 11.4.